The normalized spacial score (nSPS) is 11.1. The third-order valence-corrected chi connectivity index (χ3v) is 5.72. The van der Waals surface area contributed by atoms with Crippen LogP contribution in [0.25, 0.3) is 0 Å². The van der Waals surface area contributed by atoms with E-state index in [9.17, 15) is 17.6 Å². The van der Waals surface area contributed by atoms with Gasteiger partial charge in [-0.05, 0) is 67.4 Å². The summed E-state index contributed by atoms with van der Waals surface area (Å²) in [6, 6.07) is 16.4. The fourth-order valence-electron chi connectivity index (χ4n) is 2.65. The lowest BCUT2D eigenvalue weighted by molar-refractivity contribution is 0.102. The quantitative estimate of drug-likeness (QED) is 0.665. The molecule has 0 heterocycles. The van der Waals surface area contributed by atoms with Crippen molar-refractivity contribution in [1.82, 2.24) is 0 Å². The van der Waals surface area contributed by atoms with Crippen LogP contribution in [0.3, 0.4) is 0 Å². The SMILES string of the molecule is Cc1cccc(NC(=O)c2cccc(S(=O)(=O)Nc3cccc(F)c3)c2)c1C. The molecular weight excluding hydrogens is 379 g/mol. The lowest BCUT2D eigenvalue weighted by Gasteiger charge is -2.12. The minimum atomic E-state index is -3.97. The maximum atomic E-state index is 13.3. The smallest absolute Gasteiger partial charge is 0.261 e. The van der Waals surface area contributed by atoms with Crippen molar-refractivity contribution in [1.29, 1.82) is 0 Å². The van der Waals surface area contributed by atoms with Crippen LogP contribution in [0.15, 0.2) is 71.6 Å². The lowest BCUT2D eigenvalue weighted by atomic mass is 10.1. The topological polar surface area (TPSA) is 75.3 Å². The molecule has 0 aromatic heterocycles. The molecule has 0 bridgehead atoms. The summed E-state index contributed by atoms with van der Waals surface area (Å²) < 4.78 is 40.8. The van der Waals surface area contributed by atoms with Crippen molar-refractivity contribution < 1.29 is 17.6 Å². The molecule has 0 radical (unpaired) electrons. The van der Waals surface area contributed by atoms with E-state index in [1.807, 2.05) is 26.0 Å². The summed E-state index contributed by atoms with van der Waals surface area (Å²) in [5.74, 6) is -0.974. The number of benzene rings is 3. The second-order valence-corrected chi connectivity index (χ2v) is 8.03. The van der Waals surface area contributed by atoms with Gasteiger partial charge in [0.1, 0.15) is 5.82 Å². The third kappa shape index (κ3) is 4.37. The summed E-state index contributed by atoms with van der Waals surface area (Å²) in [5, 5.41) is 2.80. The number of rotatable bonds is 5. The van der Waals surface area contributed by atoms with Crippen LogP contribution in [-0.4, -0.2) is 14.3 Å². The van der Waals surface area contributed by atoms with Crippen LogP contribution in [0.2, 0.25) is 0 Å². The van der Waals surface area contributed by atoms with Gasteiger partial charge in [-0.25, -0.2) is 12.8 Å². The number of amides is 1. The van der Waals surface area contributed by atoms with E-state index in [2.05, 4.69) is 10.0 Å². The number of halogens is 1. The van der Waals surface area contributed by atoms with Crippen LogP contribution in [0.4, 0.5) is 15.8 Å². The zero-order chi connectivity index (χ0) is 20.3. The first kappa shape index (κ1) is 19.6. The molecule has 0 fully saturated rings. The van der Waals surface area contributed by atoms with Crippen LogP contribution in [0.1, 0.15) is 21.5 Å². The maximum Gasteiger partial charge on any atom is 0.261 e. The highest BCUT2D eigenvalue weighted by Gasteiger charge is 2.17. The highest BCUT2D eigenvalue weighted by atomic mass is 32.2. The molecule has 0 saturated heterocycles. The van der Waals surface area contributed by atoms with Crippen LogP contribution >= 0.6 is 0 Å². The molecule has 7 heteroatoms. The Morgan fingerprint density at radius 1 is 0.929 bits per heavy atom. The lowest BCUT2D eigenvalue weighted by Crippen LogP contribution is -2.16. The Morgan fingerprint density at radius 3 is 2.39 bits per heavy atom. The van der Waals surface area contributed by atoms with Crippen molar-refractivity contribution in [3.63, 3.8) is 0 Å². The number of aryl methyl sites for hydroxylation is 1. The molecule has 0 saturated carbocycles. The summed E-state index contributed by atoms with van der Waals surface area (Å²) in [4.78, 5) is 12.5. The van der Waals surface area contributed by atoms with Gasteiger partial charge in [-0.3, -0.25) is 9.52 Å². The first-order valence-electron chi connectivity index (χ1n) is 8.52. The molecule has 2 N–H and O–H groups in total. The van der Waals surface area contributed by atoms with E-state index in [0.29, 0.717) is 5.69 Å². The first-order chi connectivity index (χ1) is 13.3. The Labute approximate surface area is 163 Å². The van der Waals surface area contributed by atoms with E-state index in [1.165, 1.54) is 42.5 Å². The molecule has 0 unspecified atom stereocenters. The molecule has 3 aromatic carbocycles. The highest BCUT2D eigenvalue weighted by molar-refractivity contribution is 7.92. The van der Waals surface area contributed by atoms with E-state index in [1.54, 1.807) is 6.07 Å². The van der Waals surface area contributed by atoms with Crippen molar-refractivity contribution >= 4 is 27.3 Å². The van der Waals surface area contributed by atoms with Crippen molar-refractivity contribution in [3.05, 3.63) is 89.2 Å². The van der Waals surface area contributed by atoms with E-state index in [0.717, 1.165) is 17.2 Å². The van der Waals surface area contributed by atoms with Crippen molar-refractivity contribution in [2.24, 2.45) is 0 Å². The van der Waals surface area contributed by atoms with Crippen LogP contribution in [0.5, 0.6) is 0 Å². The number of carbonyl (C=O) groups excluding carboxylic acids is 1. The molecule has 5 nitrogen and oxygen atoms in total. The molecule has 3 rings (SSSR count). The number of hydrogen-bond acceptors (Lipinski definition) is 3. The Balaban J connectivity index is 1.85. The molecule has 0 aliphatic carbocycles. The molecule has 0 atom stereocenters. The van der Waals surface area contributed by atoms with Crippen LogP contribution < -0.4 is 10.0 Å². The van der Waals surface area contributed by atoms with Gasteiger partial charge in [0.2, 0.25) is 0 Å². The molecular formula is C21H19FN2O3S. The summed E-state index contributed by atoms with van der Waals surface area (Å²) in [6.45, 7) is 3.84. The molecule has 0 aliphatic heterocycles. The third-order valence-electron chi connectivity index (χ3n) is 4.34. The van der Waals surface area contributed by atoms with Gasteiger partial charge in [-0.15, -0.1) is 0 Å². The number of sulfonamides is 1. The van der Waals surface area contributed by atoms with E-state index < -0.39 is 21.7 Å². The van der Waals surface area contributed by atoms with E-state index >= 15 is 0 Å². The Hall–Kier alpha value is -3.19. The molecule has 28 heavy (non-hydrogen) atoms. The van der Waals surface area contributed by atoms with Gasteiger partial charge in [0, 0.05) is 11.3 Å². The summed E-state index contributed by atoms with van der Waals surface area (Å²) in [7, 11) is -3.97. The van der Waals surface area contributed by atoms with E-state index in [-0.39, 0.29) is 16.1 Å². The van der Waals surface area contributed by atoms with Gasteiger partial charge in [0.25, 0.3) is 15.9 Å². The zero-order valence-electron chi connectivity index (χ0n) is 15.4. The average molecular weight is 398 g/mol. The standard InChI is InChI=1S/C21H19FN2O3S/c1-14-6-3-11-20(15(14)2)23-21(25)16-7-4-10-19(12-16)28(26,27)24-18-9-5-8-17(22)13-18/h3-13,24H,1-2H3,(H,23,25). The Morgan fingerprint density at radius 2 is 1.64 bits per heavy atom. The largest absolute Gasteiger partial charge is 0.322 e. The van der Waals surface area contributed by atoms with E-state index in [4.69, 9.17) is 0 Å². The van der Waals surface area contributed by atoms with Gasteiger partial charge in [-0.2, -0.15) is 0 Å². The molecule has 1 amide bonds. The van der Waals surface area contributed by atoms with Gasteiger partial charge in [-0.1, -0.05) is 24.3 Å². The monoisotopic (exact) mass is 398 g/mol. The average Bonchev–Trinajstić information content (AvgIpc) is 2.65. The number of anilines is 2. The first-order valence-corrected chi connectivity index (χ1v) is 10.0. The summed E-state index contributed by atoms with van der Waals surface area (Å²) in [5.41, 5.74) is 2.94. The Bertz CT molecular complexity index is 1140. The summed E-state index contributed by atoms with van der Waals surface area (Å²) in [6.07, 6.45) is 0. The minimum Gasteiger partial charge on any atom is -0.322 e. The van der Waals surface area contributed by atoms with Crippen molar-refractivity contribution in [2.45, 2.75) is 18.7 Å². The van der Waals surface area contributed by atoms with Gasteiger partial charge < -0.3 is 5.32 Å². The second-order valence-electron chi connectivity index (χ2n) is 6.35. The van der Waals surface area contributed by atoms with Gasteiger partial charge >= 0.3 is 0 Å². The molecule has 3 aromatic rings. The molecule has 0 spiro atoms. The van der Waals surface area contributed by atoms with Gasteiger partial charge in [0.05, 0.1) is 10.6 Å². The second kappa shape index (κ2) is 7.82. The zero-order valence-corrected chi connectivity index (χ0v) is 16.2. The number of nitrogens with one attached hydrogen (secondary N) is 2. The van der Waals surface area contributed by atoms with Crippen molar-refractivity contribution in [3.8, 4) is 0 Å². The highest BCUT2D eigenvalue weighted by Crippen LogP contribution is 2.21. The predicted molar refractivity (Wildman–Crippen MR) is 108 cm³/mol. The summed E-state index contributed by atoms with van der Waals surface area (Å²) >= 11 is 0. The van der Waals surface area contributed by atoms with Crippen LogP contribution in [0, 0.1) is 19.7 Å². The minimum absolute atomic E-state index is 0.0922. The predicted octanol–water partition coefficient (Wildman–Crippen LogP) is 4.50. The molecule has 144 valence electrons. The van der Waals surface area contributed by atoms with Gasteiger partial charge in [0.15, 0.2) is 0 Å². The fourth-order valence-corrected chi connectivity index (χ4v) is 3.75. The fraction of sp³-hybridized carbons (Fsp3) is 0.0952. The number of carbonyl (C=O) groups is 1. The Kier molecular flexibility index (Phi) is 5.46. The van der Waals surface area contributed by atoms with Crippen molar-refractivity contribution in [2.75, 3.05) is 10.0 Å². The maximum absolute atomic E-state index is 13.3. The van der Waals surface area contributed by atoms with Crippen LogP contribution in [-0.2, 0) is 10.0 Å². The number of hydrogen-bond donors (Lipinski definition) is 2. The molecule has 0 aliphatic rings.